The van der Waals surface area contributed by atoms with Gasteiger partial charge in [0.1, 0.15) is 5.82 Å². The molecule has 0 aromatic heterocycles. The van der Waals surface area contributed by atoms with E-state index in [0.29, 0.717) is 12.2 Å². The second kappa shape index (κ2) is 4.53. The van der Waals surface area contributed by atoms with Crippen molar-refractivity contribution < 1.29 is 14.0 Å². The molecule has 0 unspecified atom stereocenters. The molecule has 4 nitrogen and oxygen atoms in total. The third kappa shape index (κ3) is 2.27. The summed E-state index contributed by atoms with van der Waals surface area (Å²) in [6, 6.07) is 5.82. The van der Waals surface area contributed by atoms with E-state index in [9.17, 15) is 14.0 Å². The summed E-state index contributed by atoms with van der Waals surface area (Å²) >= 11 is 0. The highest BCUT2D eigenvalue weighted by Gasteiger charge is 2.34. The van der Waals surface area contributed by atoms with Crippen LogP contribution >= 0.6 is 0 Å². The highest BCUT2D eigenvalue weighted by atomic mass is 19.1. The van der Waals surface area contributed by atoms with E-state index in [4.69, 9.17) is 0 Å². The number of halogens is 1. The average Bonchev–Trinajstić information content (AvgIpc) is 2.70. The van der Waals surface area contributed by atoms with Gasteiger partial charge < -0.3 is 10.2 Å². The number of amides is 2. The Hall–Kier alpha value is -1.91. The maximum atomic E-state index is 13.1. The van der Waals surface area contributed by atoms with Crippen LogP contribution in [0.3, 0.4) is 0 Å². The van der Waals surface area contributed by atoms with Crippen molar-refractivity contribution in [1.29, 1.82) is 0 Å². The summed E-state index contributed by atoms with van der Waals surface area (Å²) in [5, 5.41) is 2.52. The number of hydrogen-bond donors (Lipinski definition) is 1. The molecule has 2 rings (SSSR count). The van der Waals surface area contributed by atoms with Gasteiger partial charge in [0.15, 0.2) is 0 Å². The van der Waals surface area contributed by atoms with Crippen LogP contribution in [0.15, 0.2) is 24.3 Å². The van der Waals surface area contributed by atoms with Gasteiger partial charge in [0.25, 0.3) is 0 Å². The Morgan fingerprint density at radius 3 is 2.94 bits per heavy atom. The minimum Gasteiger partial charge on any atom is -0.359 e. The highest BCUT2D eigenvalue weighted by molar-refractivity contribution is 6.00. The lowest BCUT2D eigenvalue weighted by Gasteiger charge is -2.16. The predicted molar refractivity (Wildman–Crippen MR) is 60.9 cm³/mol. The second-order valence-corrected chi connectivity index (χ2v) is 4.00. The summed E-state index contributed by atoms with van der Waals surface area (Å²) in [5.41, 5.74) is 0.501. The van der Waals surface area contributed by atoms with Crippen LogP contribution in [-0.2, 0) is 9.59 Å². The van der Waals surface area contributed by atoms with Crippen molar-refractivity contribution in [2.24, 2.45) is 5.92 Å². The molecule has 0 spiro atoms. The first-order valence-corrected chi connectivity index (χ1v) is 5.39. The van der Waals surface area contributed by atoms with Crippen molar-refractivity contribution in [1.82, 2.24) is 5.32 Å². The first kappa shape index (κ1) is 11.6. The third-order valence-corrected chi connectivity index (χ3v) is 2.86. The monoisotopic (exact) mass is 236 g/mol. The second-order valence-electron chi connectivity index (χ2n) is 4.00. The maximum Gasteiger partial charge on any atom is 0.227 e. The molecular formula is C12H13FN2O2. The van der Waals surface area contributed by atoms with E-state index in [2.05, 4.69) is 5.32 Å². The Kier molecular flexibility index (Phi) is 3.08. The van der Waals surface area contributed by atoms with Gasteiger partial charge in [-0.15, -0.1) is 0 Å². The fraction of sp³-hybridized carbons (Fsp3) is 0.333. The van der Waals surface area contributed by atoms with E-state index in [1.54, 1.807) is 12.1 Å². The molecule has 1 aromatic rings. The molecule has 1 heterocycles. The lowest BCUT2D eigenvalue weighted by atomic mass is 10.1. The first-order chi connectivity index (χ1) is 8.11. The average molecular weight is 236 g/mol. The van der Waals surface area contributed by atoms with Gasteiger partial charge >= 0.3 is 0 Å². The lowest BCUT2D eigenvalue weighted by Crippen LogP contribution is -2.30. The van der Waals surface area contributed by atoms with Crippen LogP contribution < -0.4 is 10.2 Å². The van der Waals surface area contributed by atoms with Crippen molar-refractivity contribution >= 4 is 17.5 Å². The van der Waals surface area contributed by atoms with E-state index < -0.39 is 5.82 Å². The summed E-state index contributed by atoms with van der Waals surface area (Å²) in [7, 11) is 1.54. The lowest BCUT2D eigenvalue weighted by molar-refractivity contribution is -0.125. The van der Waals surface area contributed by atoms with E-state index in [-0.39, 0.29) is 24.2 Å². The molecule has 1 aromatic carbocycles. The maximum absolute atomic E-state index is 13.1. The van der Waals surface area contributed by atoms with Crippen molar-refractivity contribution in [3.05, 3.63) is 30.1 Å². The molecule has 1 atom stereocenters. The van der Waals surface area contributed by atoms with E-state index in [1.165, 1.54) is 24.1 Å². The minimum absolute atomic E-state index is 0.149. The smallest absolute Gasteiger partial charge is 0.227 e. The molecule has 1 saturated heterocycles. The van der Waals surface area contributed by atoms with Crippen LogP contribution in [0.1, 0.15) is 6.42 Å². The third-order valence-electron chi connectivity index (χ3n) is 2.86. The molecule has 1 N–H and O–H groups in total. The predicted octanol–water partition coefficient (Wildman–Crippen LogP) is 0.925. The number of carbonyl (C=O) groups excluding carboxylic acids is 2. The van der Waals surface area contributed by atoms with Gasteiger partial charge in [-0.05, 0) is 18.2 Å². The van der Waals surface area contributed by atoms with Gasteiger partial charge in [0.05, 0.1) is 5.92 Å². The summed E-state index contributed by atoms with van der Waals surface area (Å²) in [6.45, 7) is 0.308. The van der Waals surface area contributed by atoms with Crippen molar-refractivity contribution in [3.8, 4) is 0 Å². The quantitative estimate of drug-likeness (QED) is 0.830. The van der Waals surface area contributed by atoms with E-state index in [1.807, 2.05) is 0 Å². The molecular weight excluding hydrogens is 223 g/mol. The molecule has 0 bridgehead atoms. The Labute approximate surface area is 98.4 Å². The molecule has 17 heavy (non-hydrogen) atoms. The topological polar surface area (TPSA) is 49.4 Å². The largest absolute Gasteiger partial charge is 0.359 e. The van der Waals surface area contributed by atoms with Gasteiger partial charge in [-0.3, -0.25) is 9.59 Å². The van der Waals surface area contributed by atoms with Crippen molar-refractivity contribution in [2.45, 2.75) is 6.42 Å². The summed E-state index contributed by atoms with van der Waals surface area (Å²) in [4.78, 5) is 24.6. The van der Waals surface area contributed by atoms with Crippen LogP contribution in [0, 0.1) is 11.7 Å². The van der Waals surface area contributed by atoms with Gasteiger partial charge in [0.2, 0.25) is 11.8 Å². The van der Waals surface area contributed by atoms with Gasteiger partial charge in [-0.1, -0.05) is 6.07 Å². The number of anilines is 1. The number of hydrogen-bond acceptors (Lipinski definition) is 2. The minimum atomic E-state index is -0.390. The fourth-order valence-corrected chi connectivity index (χ4v) is 1.98. The normalized spacial score (nSPS) is 19.5. The fourth-order valence-electron chi connectivity index (χ4n) is 1.98. The zero-order valence-corrected chi connectivity index (χ0v) is 9.44. The molecule has 1 fully saturated rings. The SMILES string of the molecule is CNC(=O)[C@H]1CC(=O)N(c2cccc(F)c2)C1. The molecule has 5 heteroatoms. The number of nitrogens with zero attached hydrogens (tertiary/aromatic N) is 1. The molecule has 1 aliphatic rings. The zero-order chi connectivity index (χ0) is 12.4. The summed E-state index contributed by atoms with van der Waals surface area (Å²) in [6.07, 6.45) is 0.177. The van der Waals surface area contributed by atoms with Crippen molar-refractivity contribution in [3.63, 3.8) is 0 Å². The standard InChI is InChI=1S/C12H13FN2O2/c1-14-12(17)8-5-11(16)15(7-8)10-4-2-3-9(13)6-10/h2-4,6,8H,5,7H2,1H3,(H,14,17)/t8-/m0/s1. The van der Waals surface area contributed by atoms with Crippen LogP contribution in [0.4, 0.5) is 10.1 Å². The molecule has 90 valence electrons. The van der Waals surface area contributed by atoms with Crippen LogP contribution in [0.5, 0.6) is 0 Å². The summed E-state index contributed by atoms with van der Waals surface area (Å²) < 4.78 is 13.1. The number of carbonyl (C=O) groups is 2. The van der Waals surface area contributed by atoms with Gasteiger partial charge in [0, 0.05) is 25.7 Å². The van der Waals surface area contributed by atoms with Crippen LogP contribution in [-0.4, -0.2) is 25.4 Å². The Balaban J connectivity index is 2.18. The molecule has 1 aliphatic heterocycles. The van der Waals surface area contributed by atoms with E-state index in [0.717, 1.165) is 0 Å². The zero-order valence-electron chi connectivity index (χ0n) is 9.44. The Morgan fingerprint density at radius 1 is 1.53 bits per heavy atom. The number of nitrogens with one attached hydrogen (secondary N) is 1. The molecule has 0 saturated carbocycles. The van der Waals surface area contributed by atoms with Crippen molar-refractivity contribution in [2.75, 3.05) is 18.5 Å². The first-order valence-electron chi connectivity index (χ1n) is 5.39. The number of rotatable bonds is 2. The van der Waals surface area contributed by atoms with Crippen LogP contribution in [0.2, 0.25) is 0 Å². The van der Waals surface area contributed by atoms with Gasteiger partial charge in [-0.2, -0.15) is 0 Å². The van der Waals surface area contributed by atoms with Crippen LogP contribution in [0.25, 0.3) is 0 Å². The number of benzene rings is 1. The molecule has 2 amide bonds. The van der Waals surface area contributed by atoms with E-state index >= 15 is 0 Å². The Morgan fingerprint density at radius 2 is 2.29 bits per heavy atom. The van der Waals surface area contributed by atoms with Gasteiger partial charge in [-0.25, -0.2) is 4.39 Å². The molecule has 0 aliphatic carbocycles. The molecule has 0 radical (unpaired) electrons. The Bertz CT molecular complexity index is 462. The highest BCUT2D eigenvalue weighted by Crippen LogP contribution is 2.25. The summed E-state index contributed by atoms with van der Waals surface area (Å²) in [5.74, 6) is -1.05.